The molecule has 0 aromatic heterocycles. The number of benzene rings is 1. The molecule has 1 fully saturated rings. The van der Waals surface area contributed by atoms with Gasteiger partial charge in [-0.3, -0.25) is 4.79 Å². The summed E-state index contributed by atoms with van der Waals surface area (Å²) >= 11 is 0. The molecule has 5 nitrogen and oxygen atoms in total. The summed E-state index contributed by atoms with van der Waals surface area (Å²) in [5, 5.41) is 0. The van der Waals surface area contributed by atoms with E-state index in [0.717, 1.165) is 0 Å². The Morgan fingerprint density at radius 1 is 1.30 bits per heavy atom. The number of carbonyl (C=O) groups is 2. The van der Waals surface area contributed by atoms with E-state index < -0.39 is 17.5 Å². The number of halogens is 1. The molecule has 23 heavy (non-hydrogen) atoms. The zero-order chi connectivity index (χ0) is 17.2. The number of hydrogen-bond donors (Lipinski definition) is 0. The molecule has 6 heteroatoms. The maximum absolute atomic E-state index is 13.4. The molecule has 126 valence electrons. The minimum atomic E-state index is -0.578. The zero-order valence-corrected chi connectivity index (χ0v) is 13.9. The monoisotopic (exact) mass is 323 g/mol. The van der Waals surface area contributed by atoms with Crippen LogP contribution in [0.4, 0.5) is 9.18 Å². The average Bonchev–Trinajstić information content (AvgIpc) is 2.94. The summed E-state index contributed by atoms with van der Waals surface area (Å²) in [7, 11) is 1.44. The predicted octanol–water partition coefficient (Wildman–Crippen LogP) is 3.27. The third kappa shape index (κ3) is 4.21. The second-order valence-corrected chi connectivity index (χ2v) is 6.62. The van der Waals surface area contributed by atoms with Crippen molar-refractivity contribution < 1.29 is 23.5 Å². The Labute approximate surface area is 135 Å². The van der Waals surface area contributed by atoms with Gasteiger partial charge in [0.25, 0.3) is 0 Å². The lowest BCUT2D eigenvalue weighted by Gasteiger charge is -2.24. The minimum absolute atomic E-state index is 0.212. The van der Waals surface area contributed by atoms with Gasteiger partial charge in [0, 0.05) is 19.0 Å². The topological polar surface area (TPSA) is 55.8 Å². The highest BCUT2D eigenvalue weighted by Gasteiger charge is 2.34. The SMILES string of the molecule is COc1ccc(F)cc1C(=O)[C@@H]1CCN(C(=O)OC(C)(C)C)C1. The summed E-state index contributed by atoms with van der Waals surface area (Å²) < 4.78 is 23.9. The largest absolute Gasteiger partial charge is 0.496 e. The number of ketones is 1. The standard InChI is InChI=1S/C17H22FNO4/c1-17(2,3)23-16(21)19-8-7-11(10-19)15(20)13-9-12(18)5-6-14(13)22-4/h5-6,9,11H,7-8,10H2,1-4H3/t11-/m1/s1. The highest BCUT2D eigenvalue weighted by atomic mass is 19.1. The van der Waals surface area contributed by atoms with Crippen LogP contribution in [0.3, 0.4) is 0 Å². The molecule has 1 aliphatic heterocycles. The van der Waals surface area contributed by atoms with Crippen LogP contribution in [-0.4, -0.2) is 42.6 Å². The smallest absolute Gasteiger partial charge is 0.410 e. The van der Waals surface area contributed by atoms with Gasteiger partial charge in [0.15, 0.2) is 5.78 Å². The van der Waals surface area contributed by atoms with Gasteiger partial charge in [-0.05, 0) is 45.4 Å². The number of ether oxygens (including phenoxy) is 2. The molecule has 0 bridgehead atoms. The quantitative estimate of drug-likeness (QED) is 0.801. The van der Waals surface area contributed by atoms with Crippen molar-refractivity contribution in [2.45, 2.75) is 32.8 Å². The number of carbonyl (C=O) groups excluding carboxylic acids is 2. The second kappa shape index (κ2) is 6.56. The number of likely N-dealkylation sites (tertiary alicyclic amines) is 1. The fraction of sp³-hybridized carbons (Fsp3) is 0.529. The van der Waals surface area contributed by atoms with Crippen LogP contribution >= 0.6 is 0 Å². The summed E-state index contributed by atoms with van der Waals surface area (Å²) in [6.07, 6.45) is 0.0941. The summed E-state index contributed by atoms with van der Waals surface area (Å²) in [6, 6.07) is 3.86. The van der Waals surface area contributed by atoms with Gasteiger partial charge in [0.05, 0.1) is 12.7 Å². The summed E-state index contributed by atoms with van der Waals surface area (Å²) in [5.74, 6) is -0.742. The van der Waals surface area contributed by atoms with Crippen LogP contribution in [0.15, 0.2) is 18.2 Å². The lowest BCUT2D eigenvalue weighted by Crippen LogP contribution is -2.35. The van der Waals surface area contributed by atoms with Gasteiger partial charge >= 0.3 is 6.09 Å². The first-order chi connectivity index (χ1) is 10.7. The lowest BCUT2D eigenvalue weighted by atomic mass is 9.96. The first kappa shape index (κ1) is 17.2. The van der Waals surface area contributed by atoms with Crippen LogP contribution in [0.25, 0.3) is 0 Å². The van der Waals surface area contributed by atoms with Crippen molar-refractivity contribution in [1.82, 2.24) is 4.90 Å². The molecule has 1 aliphatic rings. The van der Waals surface area contributed by atoms with Crippen molar-refractivity contribution in [1.29, 1.82) is 0 Å². The number of Topliss-reactive ketones (excluding diaryl/α,β-unsaturated/α-hetero) is 1. The minimum Gasteiger partial charge on any atom is -0.496 e. The van der Waals surface area contributed by atoms with Crippen molar-refractivity contribution in [3.63, 3.8) is 0 Å². The molecular formula is C17H22FNO4. The van der Waals surface area contributed by atoms with E-state index in [9.17, 15) is 14.0 Å². The van der Waals surface area contributed by atoms with Crippen molar-refractivity contribution in [2.24, 2.45) is 5.92 Å². The number of rotatable bonds is 3. The van der Waals surface area contributed by atoms with Gasteiger partial charge in [0.1, 0.15) is 17.2 Å². The molecule has 1 amide bonds. The Balaban J connectivity index is 2.08. The number of amides is 1. The van der Waals surface area contributed by atoms with Crippen LogP contribution in [0, 0.1) is 11.7 Å². The number of hydrogen-bond acceptors (Lipinski definition) is 4. The molecule has 1 heterocycles. The van der Waals surface area contributed by atoms with Gasteiger partial charge in [0.2, 0.25) is 0 Å². The van der Waals surface area contributed by atoms with E-state index in [-0.39, 0.29) is 23.8 Å². The van der Waals surface area contributed by atoms with E-state index in [1.165, 1.54) is 30.2 Å². The van der Waals surface area contributed by atoms with Gasteiger partial charge in [-0.1, -0.05) is 0 Å². The number of methoxy groups -OCH3 is 1. The van der Waals surface area contributed by atoms with E-state index in [1.54, 1.807) is 20.8 Å². The molecule has 2 rings (SSSR count). The summed E-state index contributed by atoms with van der Waals surface area (Å²) in [6.45, 7) is 6.10. The summed E-state index contributed by atoms with van der Waals surface area (Å²) in [4.78, 5) is 26.2. The van der Waals surface area contributed by atoms with E-state index in [1.807, 2.05) is 0 Å². The average molecular weight is 323 g/mol. The molecule has 0 saturated carbocycles. The Kier molecular flexibility index (Phi) is 4.92. The van der Waals surface area contributed by atoms with E-state index >= 15 is 0 Å². The van der Waals surface area contributed by atoms with Crippen LogP contribution in [0.1, 0.15) is 37.6 Å². The molecule has 0 radical (unpaired) electrons. The van der Waals surface area contributed by atoms with Crippen molar-refractivity contribution in [2.75, 3.05) is 20.2 Å². The van der Waals surface area contributed by atoms with Crippen LogP contribution < -0.4 is 4.74 Å². The van der Waals surface area contributed by atoms with E-state index in [4.69, 9.17) is 9.47 Å². The predicted molar refractivity (Wildman–Crippen MR) is 83.2 cm³/mol. The third-order valence-electron chi connectivity index (χ3n) is 3.64. The lowest BCUT2D eigenvalue weighted by molar-refractivity contribution is 0.0289. The highest BCUT2D eigenvalue weighted by molar-refractivity contribution is 6.00. The molecule has 1 aromatic carbocycles. The highest BCUT2D eigenvalue weighted by Crippen LogP contribution is 2.27. The Morgan fingerprint density at radius 2 is 2.00 bits per heavy atom. The Hall–Kier alpha value is -2.11. The Bertz CT molecular complexity index is 609. The number of nitrogens with zero attached hydrogens (tertiary/aromatic N) is 1. The zero-order valence-electron chi connectivity index (χ0n) is 13.9. The molecular weight excluding hydrogens is 301 g/mol. The van der Waals surface area contributed by atoms with Crippen LogP contribution in [-0.2, 0) is 4.74 Å². The molecule has 0 spiro atoms. The first-order valence-electron chi connectivity index (χ1n) is 7.57. The fourth-order valence-corrected chi connectivity index (χ4v) is 2.56. The maximum atomic E-state index is 13.4. The third-order valence-corrected chi connectivity index (χ3v) is 3.64. The molecule has 0 N–H and O–H groups in total. The van der Waals surface area contributed by atoms with Crippen molar-refractivity contribution >= 4 is 11.9 Å². The van der Waals surface area contributed by atoms with Crippen LogP contribution in [0.5, 0.6) is 5.75 Å². The summed E-state index contributed by atoms with van der Waals surface area (Å²) in [5.41, 5.74) is -0.367. The van der Waals surface area contributed by atoms with E-state index in [0.29, 0.717) is 18.7 Å². The van der Waals surface area contributed by atoms with Crippen molar-refractivity contribution in [3.8, 4) is 5.75 Å². The van der Waals surface area contributed by atoms with Gasteiger partial charge in [-0.15, -0.1) is 0 Å². The molecule has 0 aliphatic carbocycles. The van der Waals surface area contributed by atoms with Gasteiger partial charge < -0.3 is 14.4 Å². The first-order valence-corrected chi connectivity index (χ1v) is 7.57. The van der Waals surface area contributed by atoms with Gasteiger partial charge in [-0.25, -0.2) is 9.18 Å². The second-order valence-electron chi connectivity index (χ2n) is 6.62. The maximum Gasteiger partial charge on any atom is 0.410 e. The van der Waals surface area contributed by atoms with Crippen LogP contribution in [0.2, 0.25) is 0 Å². The molecule has 1 aromatic rings. The van der Waals surface area contributed by atoms with Gasteiger partial charge in [-0.2, -0.15) is 0 Å². The Morgan fingerprint density at radius 3 is 2.61 bits per heavy atom. The molecule has 1 atom stereocenters. The molecule has 1 saturated heterocycles. The van der Waals surface area contributed by atoms with Crippen molar-refractivity contribution in [3.05, 3.63) is 29.6 Å². The fourth-order valence-electron chi connectivity index (χ4n) is 2.56. The normalized spacial score (nSPS) is 18.0. The van der Waals surface area contributed by atoms with E-state index in [2.05, 4.69) is 0 Å². The molecule has 0 unspecified atom stereocenters.